The van der Waals surface area contributed by atoms with Crippen LogP contribution in [0.15, 0.2) is 23.0 Å². The maximum absolute atomic E-state index is 13.4. The lowest BCUT2D eigenvalue weighted by Gasteiger charge is -2.19. The van der Waals surface area contributed by atoms with Crippen molar-refractivity contribution in [1.82, 2.24) is 15.1 Å². The topological polar surface area (TPSA) is 90.3 Å². The molecule has 2 rings (SSSR count). The number of ether oxygens (including phenoxy) is 1. The van der Waals surface area contributed by atoms with Crippen LogP contribution in [-0.4, -0.2) is 34.8 Å². The number of carbonyl (C=O) groups is 2. The van der Waals surface area contributed by atoms with Gasteiger partial charge < -0.3 is 10.1 Å². The molecule has 0 aliphatic carbocycles. The zero-order chi connectivity index (χ0) is 18.0. The molecule has 0 bridgehead atoms. The third kappa shape index (κ3) is 3.27. The van der Waals surface area contributed by atoms with Crippen LogP contribution < -0.4 is 10.7 Å². The van der Waals surface area contributed by atoms with Gasteiger partial charge >= 0.3 is 5.97 Å². The SMILES string of the molecule is COC(=O)C(NC(=O)c1nn(C)c2ccc(F)cc2c1=O)C(C)C. The lowest BCUT2D eigenvalue weighted by Crippen LogP contribution is -2.46. The largest absolute Gasteiger partial charge is 0.467 e. The minimum absolute atomic E-state index is 0.0387. The Bertz CT molecular complexity index is 860. The number of amides is 1. The van der Waals surface area contributed by atoms with E-state index < -0.39 is 34.9 Å². The summed E-state index contributed by atoms with van der Waals surface area (Å²) in [6.07, 6.45) is 0. The van der Waals surface area contributed by atoms with Gasteiger partial charge in [0, 0.05) is 7.05 Å². The van der Waals surface area contributed by atoms with Crippen LogP contribution >= 0.6 is 0 Å². The lowest BCUT2D eigenvalue weighted by atomic mass is 10.0. The second-order valence-corrected chi connectivity index (χ2v) is 5.68. The van der Waals surface area contributed by atoms with Crippen molar-refractivity contribution in [1.29, 1.82) is 0 Å². The van der Waals surface area contributed by atoms with E-state index in [0.717, 1.165) is 6.07 Å². The minimum atomic E-state index is -0.919. The number of aryl methyl sites for hydroxylation is 1. The Morgan fingerprint density at radius 2 is 2.00 bits per heavy atom. The second-order valence-electron chi connectivity index (χ2n) is 5.68. The smallest absolute Gasteiger partial charge is 0.328 e. The lowest BCUT2D eigenvalue weighted by molar-refractivity contribution is -0.144. The molecule has 0 saturated carbocycles. The van der Waals surface area contributed by atoms with Gasteiger partial charge in [-0.2, -0.15) is 5.10 Å². The number of methoxy groups -OCH3 is 1. The van der Waals surface area contributed by atoms with Gasteiger partial charge in [-0.15, -0.1) is 0 Å². The Kier molecular flexibility index (Phi) is 4.96. The summed E-state index contributed by atoms with van der Waals surface area (Å²) >= 11 is 0. The zero-order valence-corrected chi connectivity index (χ0v) is 13.8. The third-order valence-electron chi connectivity index (χ3n) is 3.64. The average Bonchev–Trinajstić information content (AvgIpc) is 2.54. The first-order valence-electron chi connectivity index (χ1n) is 7.31. The van der Waals surface area contributed by atoms with Crippen molar-refractivity contribution in [2.75, 3.05) is 7.11 Å². The standard InChI is InChI=1S/C16H18FN3O4/c1-8(2)12(16(23)24-4)18-15(22)13-14(21)10-7-9(17)5-6-11(10)20(3)19-13/h5-8,12H,1-4H3,(H,18,22). The number of nitrogens with one attached hydrogen (secondary N) is 1. The number of carbonyl (C=O) groups excluding carboxylic acids is 2. The highest BCUT2D eigenvalue weighted by Crippen LogP contribution is 2.11. The molecule has 0 aliphatic rings. The Hall–Kier alpha value is -2.77. The number of esters is 1. The average molecular weight is 335 g/mol. The highest BCUT2D eigenvalue weighted by Gasteiger charge is 2.27. The molecule has 1 aromatic carbocycles. The Morgan fingerprint density at radius 1 is 1.33 bits per heavy atom. The molecule has 0 spiro atoms. The minimum Gasteiger partial charge on any atom is -0.467 e. The summed E-state index contributed by atoms with van der Waals surface area (Å²) in [5.41, 5.74) is -0.719. The van der Waals surface area contributed by atoms with E-state index in [1.165, 1.54) is 31.0 Å². The van der Waals surface area contributed by atoms with Crippen molar-refractivity contribution < 1.29 is 18.7 Å². The first kappa shape index (κ1) is 17.6. The summed E-state index contributed by atoms with van der Waals surface area (Å²) < 4.78 is 19.4. The molecule has 1 unspecified atom stereocenters. The summed E-state index contributed by atoms with van der Waals surface area (Å²) in [6.45, 7) is 3.45. The van der Waals surface area contributed by atoms with Crippen LogP contribution in [0.25, 0.3) is 10.9 Å². The molecular weight excluding hydrogens is 317 g/mol. The molecule has 0 aliphatic heterocycles. The van der Waals surface area contributed by atoms with E-state index in [1.54, 1.807) is 13.8 Å². The number of fused-ring (bicyclic) bond motifs is 1. The summed E-state index contributed by atoms with van der Waals surface area (Å²) in [7, 11) is 2.75. The predicted molar refractivity (Wildman–Crippen MR) is 85.1 cm³/mol. The van der Waals surface area contributed by atoms with Gasteiger partial charge in [0.05, 0.1) is 18.0 Å². The fraction of sp³-hybridized carbons (Fsp3) is 0.375. The number of hydrogen-bond acceptors (Lipinski definition) is 5. The van der Waals surface area contributed by atoms with E-state index in [9.17, 15) is 18.8 Å². The number of aromatic nitrogens is 2. The van der Waals surface area contributed by atoms with Crippen LogP contribution in [-0.2, 0) is 16.6 Å². The molecule has 24 heavy (non-hydrogen) atoms. The van der Waals surface area contributed by atoms with Crippen LogP contribution in [0.4, 0.5) is 4.39 Å². The maximum Gasteiger partial charge on any atom is 0.328 e. The number of halogens is 1. The van der Waals surface area contributed by atoms with E-state index in [4.69, 9.17) is 0 Å². The quantitative estimate of drug-likeness (QED) is 0.842. The molecule has 0 saturated heterocycles. The van der Waals surface area contributed by atoms with Crippen molar-refractivity contribution in [3.05, 3.63) is 39.9 Å². The fourth-order valence-corrected chi connectivity index (χ4v) is 2.33. The molecule has 8 heteroatoms. The summed E-state index contributed by atoms with van der Waals surface area (Å²) in [4.78, 5) is 36.6. The van der Waals surface area contributed by atoms with Crippen LogP contribution in [0.3, 0.4) is 0 Å². The molecule has 1 N–H and O–H groups in total. The first-order chi connectivity index (χ1) is 11.3. The monoisotopic (exact) mass is 335 g/mol. The van der Waals surface area contributed by atoms with Gasteiger partial charge in [-0.05, 0) is 24.1 Å². The third-order valence-corrected chi connectivity index (χ3v) is 3.64. The summed E-state index contributed by atoms with van der Waals surface area (Å²) in [6, 6.07) is 2.75. The van der Waals surface area contributed by atoms with E-state index in [0.29, 0.717) is 5.52 Å². The van der Waals surface area contributed by atoms with Crippen molar-refractivity contribution in [3.8, 4) is 0 Å². The molecule has 0 fully saturated rings. The highest BCUT2D eigenvalue weighted by atomic mass is 19.1. The van der Waals surface area contributed by atoms with Gasteiger partial charge in [0.15, 0.2) is 5.69 Å². The first-order valence-corrected chi connectivity index (χ1v) is 7.31. The van der Waals surface area contributed by atoms with Gasteiger partial charge in [0.1, 0.15) is 11.9 Å². The van der Waals surface area contributed by atoms with Gasteiger partial charge in [-0.3, -0.25) is 14.3 Å². The van der Waals surface area contributed by atoms with E-state index in [-0.39, 0.29) is 11.3 Å². The van der Waals surface area contributed by atoms with E-state index in [1.807, 2.05) is 0 Å². The Morgan fingerprint density at radius 3 is 2.58 bits per heavy atom. The van der Waals surface area contributed by atoms with E-state index >= 15 is 0 Å². The molecule has 0 radical (unpaired) electrons. The second kappa shape index (κ2) is 6.77. The number of benzene rings is 1. The van der Waals surface area contributed by atoms with Crippen LogP contribution in [0.1, 0.15) is 24.3 Å². The van der Waals surface area contributed by atoms with Crippen molar-refractivity contribution in [2.24, 2.45) is 13.0 Å². The normalized spacial score (nSPS) is 12.2. The molecule has 1 aromatic heterocycles. The zero-order valence-electron chi connectivity index (χ0n) is 13.8. The molecular formula is C16H18FN3O4. The van der Waals surface area contributed by atoms with Gasteiger partial charge in [0.25, 0.3) is 5.91 Å². The maximum atomic E-state index is 13.4. The van der Waals surface area contributed by atoms with Crippen LogP contribution in [0.2, 0.25) is 0 Å². The Balaban J connectivity index is 2.48. The van der Waals surface area contributed by atoms with Gasteiger partial charge in [-0.1, -0.05) is 13.8 Å². The molecule has 1 atom stereocenters. The summed E-state index contributed by atoms with van der Waals surface area (Å²) in [5.74, 6) is -2.28. The molecule has 1 heterocycles. The number of hydrogen-bond donors (Lipinski definition) is 1. The number of nitrogens with zero attached hydrogens (tertiary/aromatic N) is 2. The van der Waals surface area contributed by atoms with E-state index in [2.05, 4.69) is 15.2 Å². The van der Waals surface area contributed by atoms with Crippen LogP contribution in [0.5, 0.6) is 0 Å². The Labute approximate surface area is 137 Å². The molecule has 2 aromatic rings. The molecule has 1 amide bonds. The number of rotatable bonds is 4. The fourth-order valence-electron chi connectivity index (χ4n) is 2.33. The van der Waals surface area contributed by atoms with Gasteiger partial charge in [-0.25, -0.2) is 9.18 Å². The highest BCUT2D eigenvalue weighted by molar-refractivity contribution is 5.97. The van der Waals surface area contributed by atoms with Crippen LogP contribution in [0, 0.1) is 11.7 Å². The summed E-state index contributed by atoms with van der Waals surface area (Å²) in [5, 5.41) is 6.43. The molecule has 128 valence electrons. The van der Waals surface area contributed by atoms with Gasteiger partial charge in [0.2, 0.25) is 5.43 Å². The van der Waals surface area contributed by atoms with Crippen molar-refractivity contribution in [2.45, 2.75) is 19.9 Å². The molecule has 7 nitrogen and oxygen atoms in total. The van der Waals surface area contributed by atoms with Crippen molar-refractivity contribution in [3.63, 3.8) is 0 Å². The van der Waals surface area contributed by atoms with Crippen molar-refractivity contribution >= 4 is 22.8 Å². The predicted octanol–water partition coefficient (Wildman–Crippen LogP) is 1.000.